The van der Waals surface area contributed by atoms with Crippen molar-refractivity contribution in [3.05, 3.63) is 47.8 Å². The van der Waals surface area contributed by atoms with Crippen LogP contribution in [0.5, 0.6) is 5.75 Å². The number of carbonyl (C=O) groups is 2. The van der Waals surface area contributed by atoms with E-state index in [1.54, 1.807) is 18.2 Å². The van der Waals surface area contributed by atoms with Gasteiger partial charge in [0.25, 0.3) is 5.91 Å². The Kier molecular flexibility index (Phi) is 8.05. The maximum absolute atomic E-state index is 14.2. The summed E-state index contributed by atoms with van der Waals surface area (Å²) in [6, 6.07) is 8.69. The highest BCUT2D eigenvalue weighted by molar-refractivity contribution is 6.06. The lowest BCUT2D eigenvalue weighted by Crippen LogP contribution is -2.16. The number of hydrogen-bond acceptors (Lipinski definition) is 4. The highest BCUT2D eigenvalue weighted by Gasteiger charge is 2.14. The van der Waals surface area contributed by atoms with Gasteiger partial charge in [-0.3, -0.25) is 9.59 Å². The Hall–Kier alpha value is -2.80. The van der Waals surface area contributed by atoms with Crippen LogP contribution in [0.25, 0.3) is 0 Å². The summed E-state index contributed by atoms with van der Waals surface area (Å²) in [5.41, 5.74) is 6.69. The highest BCUT2D eigenvalue weighted by Crippen LogP contribution is 2.25. The van der Waals surface area contributed by atoms with E-state index in [2.05, 4.69) is 10.6 Å². The number of nitrogens with two attached hydrogens (primary N) is 1. The molecule has 4 N–H and O–H groups in total. The molecule has 2 amide bonds. The molecule has 0 saturated heterocycles. The lowest BCUT2D eigenvalue weighted by Gasteiger charge is -2.11. The molecule has 27 heavy (non-hydrogen) atoms. The van der Waals surface area contributed by atoms with E-state index in [0.29, 0.717) is 17.1 Å². The SMILES string of the molecule is COc1ccc(N)c(NC(=O)c2ccc(NC(=O)CC(C)C)c(F)c2)c1.Cl. The molecule has 0 fully saturated rings. The molecule has 2 aromatic rings. The van der Waals surface area contributed by atoms with Crippen LogP contribution in [0.4, 0.5) is 21.5 Å². The Morgan fingerprint density at radius 2 is 1.81 bits per heavy atom. The van der Waals surface area contributed by atoms with Gasteiger partial charge in [0.2, 0.25) is 5.91 Å². The van der Waals surface area contributed by atoms with E-state index in [1.165, 1.54) is 19.2 Å². The Bertz CT molecular complexity index is 828. The summed E-state index contributed by atoms with van der Waals surface area (Å²) in [4.78, 5) is 24.1. The quantitative estimate of drug-likeness (QED) is 0.642. The van der Waals surface area contributed by atoms with Gasteiger partial charge >= 0.3 is 0 Å². The first-order chi connectivity index (χ1) is 12.3. The first-order valence-corrected chi connectivity index (χ1v) is 8.14. The average Bonchev–Trinajstić information content (AvgIpc) is 2.57. The molecule has 2 rings (SSSR count). The molecule has 2 aromatic carbocycles. The summed E-state index contributed by atoms with van der Waals surface area (Å²) in [6.45, 7) is 3.79. The van der Waals surface area contributed by atoms with Gasteiger partial charge in [-0.05, 0) is 36.2 Å². The van der Waals surface area contributed by atoms with Crippen molar-refractivity contribution in [3.8, 4) is 5.75 Å². The van der Waals surface area contributed by atoms with E-state index in [-0.39, 0.29) is 41.9 Å². The maximum Gasteiger partial charge on any atom is 0.255 e. The fraction of sp³-hybridized carbons (Fsp3) is 0.263. The third-order valence-corrected chi connectivity index (χ3v) is 3.61. The van der Waals surface area contributed by atoms with Gasteiger partial charge in [0.05, 0.1) is 24.2 Å². The largest absolute Gasteiger partial charge is 0.497 e. The molecule has 0 heterocycles. The lowest BCUT2D eigenvalue weighted by molar-refractivity contribution is -0.116. The predicted molar refractivity (Wildman–Crippen MR) is 107 cm³/mol. The fourth-order valence-corrected chi connectivity index (χ4v) is 2.29. The van der Waals surface area contributed by atoms with Gasteiger partial charge in [-0.25, -0.2) is 4.39 Å². The zero-order chi connectivity index (χ0) is 19.3. The van der Waals surface area contributed by atoms with Gasteiger partial charge in [0, 0.05) is 18.1 Å². The second-order valence-corrected chi connectivity index (χ2v) is 6.25. The number of carbonyl (C=O) groups excluding carboxylic acids is 2. The van der Waals surface area contributed by atoms with Gasteiger partial charge in [0.15, 0.2) is 0 Å². The van der Waals surface area contributed by atoms with Gasteiger partial charge in [0.1, 0.15) is 11.6 Å². The van der Waals surface area contributed by atoms with Crippen LogP contribution in [0.1, 0.15) is 30.6 Å². The van der Waals surface area contributed by atoms with Gasteiger partial charge in [-0.1, -0.05) is 13.8 Å². The zero-order valence-corrected chi connectivity index (χ0v) is 16.2. The van der Waals surface area contributed by atoms with Gasteiger partial charge < -0.3 is 21.1 Å². The average molecular weight is 396 g/mol. The molecule has 6 nitrogen and oxygen atoms in total. The molecule has 8 heteroatoms. The van der Waals surface area contributed by atoms with Crippen LogP contribution in [0, 0.1) is 11.7 Å². The minimum atomic E-state index is -0.687. The summed E-state index contributed by atoms with van der Waals surface area (Å²) in [6.07, 6.45) is 0.288. The standard InChI is InChI=1S/C19H22FN3O3.ClH/c1-11(2)8-18(24)22-16-7-4-12(9-14(16)20)19(25)23-17-10-13(26-3)5-6-15(17)21;/h4-7,9-11H,8,21H2,1-3H3,(H,22,24)(H,23,25);1H. The third-order valence-electron chi connectivity index (χ3n) is 3.61. The van der Waals surface area contributed by atoms with Crippen molar-refractivity contribution in [1.29, 1.82) is 0 Å². The second kappa shape index (κ2) is 9.78. The van der Waals surface area contributed by atoms with Crippen LogP contribution in [0.3, 0.4) is 0 Å². The number of rotatable bonds is 6. The number of anilines is 3. The Labute approximate surface area is 163 Å². The van der Waals surface area contributed by atoms with E-state index in [4.69, 9.17) is 10.5 Å². The molecule has 0 spiro atoms. The lowest BCUT2D eigenvalue weighted by atomic mass is 10.1. The molecule has 146 valence electrons. The first-order valence-electron chi connectivity index (χ1n) is 8.14. The van der Waals surface area contributed by atoms with E-state index in [1.807, 2.05) is 13.8 Å². The zero-order valence-electron chi connectivity index (χ0n) is 15.3. The van der Waals surface area contributed by atoms with Crippen LogP contribution in [0.15, 0.2) is 36.4 Å². The molecule has 0 bridgehead atoms. The van der Waals surface area contributed by atoms with E-state index >= 15 is 0 Å². The van der Waals surface area contributed by atoms with Gasteiger partial charge in [-0.15, -0.1) is 12.4 Å². The van der Waals surface area contributed by atoms with Crippen molar-refractivity contribution in [1.82, 2.24) is 0 Å². The molecule has 0 unspecified atom stereocenters. The van der Waals surface area contributed by atoms with Crippen molar-refractivity contribution in [2.45, 2.75) is 20.3 Å². The Balaban J connectivity index is 0.00000364. The summed E-state index contributed by atoms with van der Waals surface area (Å²) < 4.78 is 19.3. The van der Waals surface area contributed by atoms with Crippen molar-refractivity contribution >= 4 is 41.3 Å². The molecular weight excluding hydrogens is 373 g/mol. The third kappa shape index (κ3) is 6.14. The monoisotopic (exact) mass is 395 g/mol. The number of amides is 2. The minimum Gasteiger partial charge on any atom is -0.497 e. The summed E-state index contributed by atoms with van der Waals surface area (Å²) in [5, 5.41) is 5.12. The van der Waals surface area contributed by atoms with Crippen molar-refractivity contribution < 1.29 is 18.7 Å². The Morgan fingerprint density at radius 1 is 1.11 bits per heavy atom. The predicted octanol–water partition coefficient (Wildman–Crippen LogP) is 4.08. The number of nitrogens with one attached hydrogen (secondary N) is 2. The molecule has 0 aliphatic carbocycles. The molecule has 0 saturated carbocycles. The number of nitrogen functional groups attached to an aromatic ring is 1. The summed E-state index contributed by atoms with van der Waals surface area (Å²) in [7, 11) is 1.50. The molecule has 0 atom stereocenters. The first kappa shape index (κ1) is 22.2. The Morgan fingerprint density at radius 3 is 2.41 bits per heavy atom. The number of benzene rings is 2. The number of halogens is 2. The molecular formula is C19H23ClFN3O3. The topological polar surface area (TPSA) is 93.4 Å². The number of methoxy groups -OCH3 is 1. The van der Waals surface area contributed by atoms with Crippen molar-refractivity contribution in [2.24, 2.45) is 5.92 Å². The summed E-state index contributed by atoms with van der Waals surface area (Å²) in [5.74, 6) is -0.794. The van der Waals surface area contributed by atoms with Crippen LogP contribution in [0.2, 0.25) is 0 Å². The van der Waals surface area contributed by atoms with Crippen LogP contribution < -0.4 is 21.1 Å². The van der Waals surface area contributed by atoms with E-state index in [0.717, 1.165) is 6.07 Å². The van der Waals surface area contributed by atoms with Crippen molar-refractivity contribution in [2.75, 3.05) is 23.5 Å². The fourth-order valence-electron chi connectivity index (χ4n) is 2.29. The number of hydrogen-bond donors (Lipinski definition) is 3. The van der Waals surface area contributed by atoms with Crippen molar-refractivity contribution in [3.63, 3.8) is 0 Å². The highest BCUT2D eigenvalue weighted by atomic mass is 35.5. The maximum atomic E-state index is 14.2. The molecule has 0 aromatic heterocycles. The smallest absolute Gasteiger partial charge is 0.255 e. The summed E-state index contributed by atoms with van der Waals surface area (Å²) >= 11 is 0. The molecule has 0 aliphatic heterocycles. The van der Waals surface area contributed by atoms with Crippen LogP contribution in [-0.2, 0) is 4.79 Å². The normalized spacial score (nSPS) is 10.1. The second-order valence-electron chi connectivity index (χ2n) is 6.25. The van der Waals surface area contributed by atoms with E-state index < -0.39 is 11.7 Å². The van der Waals surface area contributed by atoms with E-state index in [9.17, 15) is 14.0 Å². The van der Waals surface area contributed by atoms with Crippen LogP contribution in [-0.4, -0.2) is 18.9 Å². The molecule has 0 aliphatic rings. The minimum absolute atomic E-state index is 0. The van der Waals surface area contributed by atoms with Crippen LogP contribution >= 0.6 is 12.4 Å². The van der Waals surface area contributed by atoms with Gasteiger partial charge in [-0.2, -0.15) is 0 Å². The molecule has 0 radical (unpaired) electrons. The number of ether oxygens (including phenoxy) is 1.